The van der Waals surface area contributed by atoms with Gasteiger partial charge in [-0.25, -0.2) is 0 Å². The van der Waals surface area contributed by atoms with E-state index in [4.69, 9.17) is 0 Å². The minimum absolute atomic E-state index is 0.189. The Morgan fingerprint density at radius 2 is 0.909 bits per heavy atom. The van der Waals surface area contributed by atoms with Crippen molar-refractivity contribution in [3.05, 3.63) is 70.8 Å². The minimum atomic E-state index is 0.189. The Hall–Kier alpha value is -2.38. The summed E-state index contributed by atoms with van der Waals surface area (Å²) in [6.45, 7) is 8.89. The fourth-order valence-electron chi connectivity index (χ4n) is 4.45. The van der Waals surface area contributed by atoms with Gasteiger partial charge in [0, 0.05) is 63.5 Å². The Kier molecular flexibility index (Phi) is 8.04. The Labute approximate surface area is 197 Å². The number of ketones is 2. The van der Waals surface area contributed by atoms with Crippen molar-refractivity contribution in [2.45, 2.75) is 6.42 Å². The van der Waals surface area contributed by atoms with E-state index >= 15 is 0 Å². The van der Waals surface area contributed by atoms with E-state index in [0.29, 0.717) is 13.1 Å². The average Bonchev–Trinajstić information content (AvgIpc) is 2.83. The predicted octanol–water partition coefficient (Wildman–Crippen LogP) is 2.14. The fraction of sp³-hybridized carbons (Fsp3) is 0.481. The third-order valence-electron chi connectivity index (χ3n) is 6.89. The van der Waals surface area contributed by atoms with Crippen molar-refractivity contribution < 1.29 is 9.59 Å². The maximum absolute atomic E-state index is 12.6. The summed E-state index contributed by atoms with van der Waals surface area (Å²) >= 11 is 0. The van der Waals surface area contributed by atoms with E-state index in [1.165, 1.54) is 11.1 Å². The molecule has 2 fully saturated rings. The molecule has 6 heteroatoms. The van der Waals surface area contributed by atoms with Crippen molar-refractivity contribution in [1.29, 1.82) is 0 Å². The first-order valence-electron chi connectivity index (χ1n) is 12.0. The quantitative estimate of drug-likeness (QED) is 0.577. The first kappa shape index (κ1) is 23.8. The van der Waals surface area contributed by atoms with E-state index in [0.717, 1.165) is 69.9 Å². The lowest BCUT2D eigenvalue weighted by atomic mass is 10.00. The van der Waals surface area contributed by atoms with E-state index in [1.54, 1.807) is 0 Å². The van der Waals surface area contributed by atoms with Gasteiger partial charge in [-0.15, -0.1) is 0 Å². The van der Waals surface area contributed by atoms with Gasteiger partial charge in [0.1, 0.15) is 0 Å². The second-order valence-corrected chi connectivity index (χ2v) is 9.58. The maximum atomic E-state index is 12.6. The van der Waals surface area contributed by atoms with E-state index in [2.05, 4.69) is 33.7 Å². The monoisotopic (exact) mass is 448 g/mol. The zero-order chi connectivity index (χ0) is 23.2. The smallest absolute Gasteiger partial charge is 0.176 e. The first-order valence-corrected chi connectivity index (χ1v) is 12.0. The molecule has 0 aromatic heterocycles. The van der Waals surface area contributed by atoms with Crippen LogP contribution >= 0.6 is 0 Å². The van der Waals surface area contributed by atoms with Crippen LogP contribution in [0.1, 0.15) is 31.8 Å². The number of carbonyl (C=O) groups excluding carboxylic acids is 2. The number of hydrogen-bond acceptors (Lipinski definition) is 6. The Bertz CT molecular complexity index is 848. The highest BCUT2D eigenvalue weighted by Crippen LogP contribution is 2.14. The molecule has 0 saturated carbocycles. The molecule has 2 aliphatic heterocycles. The normalized spacial score (nSPS) is 19.0. The van der Waals surface area contributed by atoms with Gasteiger partial charge >= 0.3 is 0 Å². The Balaban J connectivity index is 1.27. The van der Waals surface area contributed by atoms with Gasteiger partial charge in [0.25, 0.3) is 0 Å². The summed E-state index contributed by atoms with van der Waals surface area (Å²) in [6, 6.07) is 16.0. The third kappa shape index (κ3) is 6.81. The van der Waals surface area contributed by atoms with Gasteiger partial charge in [0.2, 0.25) is 0 Å². The highest BCUT2D eigenvalue weighted by atomic mass is 16.1. The fourth-order valence-corrected chi connectivity index (χ4v) is 4.45. The summed E-state index contributed by atoms with van der Waals surface area (Å²) in [7, 11) is 4.25. The number of benzene rings is 2. The van der Waals surface area contributed by atoms with Gasteiger partial charge in [-0.1, -0.05) is 48.5 Å². The number of rotatable bonds is 8. The molecule has 0 bridgehead atoms. The number of Topliss-reactive ketones (excluding diaryl/α,β-unsaturated/α-hetero) is 2. The van der Waals surface area contributed by atoms with Gasteiger partial charge < -0.3 is 9.80 Å². The molecule has 4 rings (SSSR count). The SMILES string of the molecule is CN1CCN(CC(=O)c2ccc(Cc3ccc(C(=O)CN4CCN(C)CC4)cc3)cc2)CC1. The van der Waals surface area contributed by atoms with Crippen LogP contribution in [0.15, 0.2) is 48.5 Å². The molecule has 0 atom stereocenters. The summed E-state index contributed by atoms with van der Waals surface area (Å²) in [4.78, 5) is 34.3. The van der Waals surface area contributed by atoms with Crippen LogP contribution in [-0.2, 0) is 6.42 Å². The van der Waals surface area contributed by atoms with Gasteiger partial charge in [-0.2, -0.15) is 0 Å². The van der Waals surface area contributed by atoms with E-state index in [9.17, 15) is 9.59 Å². The molecule has 2 aromatic carbocycles. The second kappa shape index (κ2) is 11.2. The van der Waals surface area contributed by atoms with Gasteiger partial charge in [0.15, 0.2) is 11.6 Å². The summed E-state index contributed by atoms with van der Waals surface area (Å²) in [5.74, 6) is 0.378. The van der Waals surface area contributed by atoms with Crippen molar-refractivity contribution in [3.63, 3.8) is 0 Å². The molecule has 176 valence electrons. The number of nitrogens with zero attached hydrogens (tertiary/aromatic N) is 4. The molecule has 2 aromatic rings. The van der Waals surface area contributed by atoms with Crippen LogP contribution < -0.4 is 0 Å². The summed E-state index contributed by atoms with van der Waals surface area (Å²) in [5.41, 5.74) is 3.90. The first-order chi connectivity index (χ1) is 16.0. The topological polar surface area (TPSA) is 47.1 Å². The van der Waals surface area contributed by atoms with Crippen molar-refractivity contribution in [3.8, 4) is 0 Å². The van der Waals surface area contributed by atoms with Crippen molar-refractivity contribution in [2.75, 3.05) is 79.5 Å². The molecular formula is C27H36N4O2. The predicted molar refractivity (Wildman–Crippen MR) is 132 cm³/mol. The van der Waals surface area contributed by atoms with Crippen LogP contribution in [0.4, 0.5) is 0 Å². The molecule has 2 heterocycles. The lowest BCUT2D eigenvalue weighted by Gasteiger charge is -2.31. The second-order valence-electron chi connectivity index (χ2n) is 9.58. The van der Waals surface area contributed by atoms with Crippen LogP contribution in [0, 0.1) is 0 Å². The zero-order valence-electron chi connectivity index (χ0n) is 20.0. The Morgan fingerprint density at radius 1 is 0.576 bits per heavy atom. The van der Waals surface area contributed by atoms with Crippen molar-refractivity contribution in [2.24, 2.45) is 0 Å². The van der Waals surface area contributed by atoms with Crippen LogP contribution in [0.5, 0.6) is 0 Å². The third-order valence-corrected chi connectivity index (χ3v) is 6.89. The van der Waals surface area contributed by atoms with Crippen molar-refractivity contribution >= 4 is 11.6 Å². The summed E-state index contributed by atoms with van der Waals surface area (Å²) in [6.07, 6.45) is 0.792. The van der Waals surface area contributed by atoms with Gasteiger partial charge in [-0.05, 0) is 31.6 Å². The van der Waals surface area contributed by atoms with Gasteiger partial charge in [-0.3, -0.25) is 19.4 Å². The van der Waals surface area contributed by atoms with Crippen LogP contribution in [0.3, 0.4) is 0 Å². The molecule has 33 heavy (non-hydrogen) atoms. The lowest BCUT2D eigenvalue weighted by Crippen LogP contribution is -2.46. The zero-order valence-corrected chi connectivity index (χ0v) is 20.0. The average molecular weight is 449 g/mol. The van der Waals surface area contributed by atoms with Crippen LogP contribution in [-0.4, -0.2) is 111 Å². The minimum Gasteiger partial charge on any atom is -0.304 e. The van der Waals surface area contributed by atoms with Crippen LogP contribution in [0.2, 0.25) is 0 Å². The van der Waals surface area contributed by atoms with Gasteiger partial charge in [0.05, 0.1) is 13.1 Å². The molecule has 2 aliphatic rings. The molecular weight excluding hydrogens is 412 g/mol. The standard InChI is InChI=1S/C27H36N4O2/c1-28-11-15-30(16-12-28)20-26(32)24-7-3-22(4-8-24)19-23-5-9-25(10-6-23)27(33)21-31-17-13-29(2)14-18-31/h3-10H,11-21H2,1-2H3. The van der Waals surface area contributed by atoms with Crippen molar-refractivity contribution in [1.82, 2.24) is 19.6 Å². The summed E-state index contributed by atoms with van der Waals surface area (Å²) < 4.78 is 0. The maximum Gasteiger partial charge on any atom is 0.176 e. The lowest BCUT2D eigenvalue weighted by molar-refractivity contribution is 0.0869. The molecule has 0 aliphatic carbocycles. The molecule has 0 radical (unpaired) electrons. The van der Waals surface area contributed by atoms with E-state index in [1.807, 2.05) is 48.5 Å². The Morgan fingerprint density at radius 3 is 1.24 bits per heavy atom. The molecule has 0 spiro atoms. The molecule has 0 amide bonds. The largest absolute Gasteiger partial charge is 0.304 e. The molecule has 6 nitrogen and oxygen atoms in total. The van der Waals surface area contributed by atoms with Crippen LogP contribution in [0.25, 0.3) is 0 Å². The molecule has 0 N–H and O–H groups in total. The number of carbonyl (C=O) groups is 2. The van der Waals surface area contributed by atoms with E-state index in [-0.39, 0.29) is 11.6 Å². The van der Waals surface area contributed by atoms with E-state index < -0.39 is 0 Å². The summed E-state index contributed by atoms with van der Waals surface area (Å²) in [5, 5.41) is 0. The molecule has 2 saturated heterocycles. The number of piperazine rings is 2. The number of hydrogen-bond donors (Lipinski definition) is 0. The highest BCUT2D eigenvalue weighted by Gasteiger charge is 2.18. The number of likely N-dealkylation sites (N-methyl/N-ethyl adjacent to an activating group) is 2. The highest BCUT2D eigenvalue weighted by molar-refractivity contribution is 5.98. The molecule has 0 unspecified atom stereocenters.